The number of para-hydroxylation sites is 2. The quantitative estimate of drug-likeness (QED) is 0.768. The standard InChI is InChI=1S/C18H14ClN3O2/c1-11-6-7-12(19)8-13(11)21-18(23)17-15-9-24-16-5-3-2-4-14(16)22(15)10-20-17/h2-8,10H,9H2,1H3,(H,21,23). The van der Waals surface area contributed by atoms with Crippen molar-refractivity contribution in [1.82, 2.24) is 9.55 Å². The number of aryl methyl sites for hydroxylation is 1. The second kappa shape index (κ2) is 5.69. The number of benzene rings is 2. The largest absolute Gasteiger partial charge is 0.485 e. The summed E-state index contributed by atoms with van der Waals surface area (Å²) >= 11 is 6.01. The van der Waals surface area contributed by atoms with Crippen LogP contribution in [0.2, 0.25) is 5.02 Å². The van der Waals surface area contributed by atoms with E-state index in [1.165, 1.54) is 0 Å². The van der Waals surface area contributed by atoms with Gasteiger partial charge in [-0.05, 0) is 36.8 Å². The molecule has 0 aliphatic carbocycles. The summed E-state index contributed by atoms with van der Waals surface area (Å²) in [7, 11) is 0. The van der Waals surface area contributed by atoms with Crippen LogP contribution < -0.4 is 10.1 Å². The zero-order valence-corrected chi connectivity index (χ0v) is 13.7. The smallest absolute Gasteiger partial charge is 0.276 e. The van der Waals surface area contributed by atoms with E-state index in [0.29, 0.717) is 23.0 Å². The van der Waals surface area contributed by atoms with Gasteiger partial charge >= 0.3 is 0 Å². The highest BCUT2D eigenvalue weighted by Gasteiger charge is 2.24. The molecule has 0 saturated heterocycles. The van der Waals surface area contributed by atoms with Crippen LogP contribution in [-0.2, 0) is 6.61 Å². The first-order chi connectivity index (χ1) is 11.6. The maximum atomic E-state index is 12.6. The van der Waals surface area contributed by atoms with Crippen LogP contribution in [-0.4, -0.2) is 15.5 Å². The van der Waals surface area contributed by atoms with Crippen molar-refractivity contribution in [2.45, 2.75) is 13.5 Å². The van der Waals surface area contributed by atoms with Crippen molar-refractivity contribution in [2.24, 2.45) is 0 Å². The summed E-state index contributed by atoms with van der Waals surface area (Å²) in [4.78, 5) is 16.9. The summed E-state index contributed by atoms with van der Waals surface area (Å²) < 4.78 is 7.62. The van der Waals surface area contributed by atoms with Gasteiger partial charge in [0.25, 0.3) is 5.91 Å². The third-order valence-electron chi connectivity index (χ3n) is 4.02. The third-order valence-corrected chi connectivity index (χ3v) is 4.25. The van der Waals surface area contributed by atoms with Crippen LogP contribution in [0.3, 0.4) is 0 Å². The molecule has 6 heteroatoms. The second-order valence-electron chi connectivity index (χ2n) is 5.58. The number of ether oxygens (including phenoxy) is 1. The fourth-order valence-electron chi connectivity index (χ4n) is 2.74. The van der Waals surface area contributed by atoms with Gasteiger partial charge < -0.3 is 10.1 Å². The number of halogens is 1. The highest BCUT2D eigenvalue weighted by molar-refractivity contribution is 6.31. The van der Waals surface area contributed by atoms with Crippen molar-refractivity contribution in [3.05, 3.63) is 70.8 Å². The zero-order chi connectivity index (χ0) is 16.7. The summed E-state index contributed by atoms with van der Waals surface area (Å²) in [6, 6.07) is 13.0. The molecule has 0 bridgehead atoms. The maximum absolute atomic E-state index is 12.6. The van der Waals surface area contributed by atoms with Gasteiger partial charge in [0.1, 0.15) is 18.7 Å². The van der Waals surface area contributed by atoms with Crippen molar-refractivity contribution in [1.29, 1.82) is 0 Å². The molecule has 1 N–H and O–H groups in total. The molecule has 3 aromatic rings. The lowest BCUT2D eigenvalue weighted by molar-refractivity contribution is 0.101. The molecule has 4 rings (SSSR count). The Balaban J connectivity index is 1.68. The van der Waals surface area contributed by atoms with Gasteiger partial charge in [-0.25, -0.2) is 4.98 Å². The molecule has 0 saturated carbocycles. The zero-order valence-electron chi connectivity index (χ0n) is 12.9. The number of carbonyl (C=O) groups is 1. The average molecular weight is 340 g/mol. The number of aromatic nitrogens is 2. The van der Waals surface area contributed by atoms with E-state index in [1.807, 2.05) is 41.8 Å². The molecule has 2 heterocycles. The van der Waals surface area contributed by atoms with E-state index in [4.69, 9.17) is 16.3 Å². The number of imidazole rings is 1. The molecule has 0 fully saturated rings. The first-order valence-corrected chi connectivity index (χ1v) is 7.87. The number of hydrogen-bond donors (Lipinski definition) is 1. The minimum atomic E-state index is -0.280. The van der Waals surface area contributed by atoms with E-state index in [9.17, 15) is 4.79 Å². The van der Waals surface area contributed by atoms with E-state index in [0.717, 1.165) is 22.7 Å². The maximum Gasteiger partial charge on any atom is 0.276 e. The molecule has 0 atom stereocenters. The summed E-state index contributed by atoms with van der Waals surface area (Å²) in [5, 5.41) is 3.44. The lowest BCUT2D eigenvalue weighted by atomic mass is 10.2. The van der Waals surface area contributed by atoms with Gasteiger partial charge in [0, 0.05) is 10.7 Å². The Bertz CT molecular complexity index is 949. The number of rotatable bonds is 2. The molecule has 1 aliphatic rings. The van der Waals surface area contributed by atoms with Crippen molar-refractivity contribution in [3.63, 3.8) is 0 Å². The number of fused-ring (bicyclic) bond motifs is 3. The fourth-order valence-corrected chi connectivity index (χ4v) is 2.92. The lowest BCUT2D eigenvalue weighted by Gasteiger charge is -2.20. The molecule has 0 radical (unpaired) electrons. The molecular formula is C18H14ClN3O2. The highest BCUT2D eigenvalue weighted by atomic mass is 35.5. The normalized spacial score (nSPS) is 12.1. The summed E-state index contributed by atoms with van der Waals surface area (Å²) in [5.41, 5.74) is 3.56. The average Bonchev–Trinajstić information content (AvgIpc) is 3.03. The van der Waals surface area contributed by atoms with Crippen molar-refractivity contribution >= 4 is 23.2 Å². The van der Waals surface area contributed by atoms with Crippen LogP contribution in [0, 0.1) is 6.92 Å². The molecule has 1 aliphatic heterocycles. The van der Waals surface area contributed by atoms with Crippen LogP contribution in [0.5, 0.6) is 5.75 Å². The molecule has 120 valence electrons. The lowest BCUT2D eigenvalue weighted by Crippen LogP contribution is -2.19. The van der Waals surface area contributed by atoms with Gasteiger partial charge in [0.05, 0.1) is 11.4 Å². The molecule has 2 aromatic carbocycles. The minimum absolute atomic E-state index is 0.280. The topological polar surface area (TPSA) is 56.2 Å². The Hall–Kier alpha value is -2.79. The fraction of sp³-hybridized carbons (Fsp3) is 0.111. The van der Waals surface area contributed by atoms with Crippen LogP contribution in [0.15, 0.2) is 48.8 Å². The molecule has 1 amide bonds. The summed E-state index contributed by atoms with van der Waals surface area (Å²) in [5.74, 6) is 0.497. The van der Waals surface area contributed by atoms with Crippen molar-refractivity contribution in [3.8, 4) is 11.4 Å². The first kappa shape index (κ1) is 14.8. The summed E-state index contributed by atoms with van der Waals surface area (Å²) in [6.07, 6.45) is 1.65. The van der Waals surface area contributed by atoms with Gasteiger partial charge in [-0.1, -0.05) is 29.8 Å². The Morgan fingerprint density at radius 1 is 1.29 bits per heavy atom. The van der Waals surface area contributed by atoms with E-state index in [-0.39, 0.29) is 5.91 Å². The Labute approximate surface area is 143 Å². The van der Waals surface area contributed by atoms with Gasteiger partial charge in [-0.3, -0.25) is 9.36 Å². The van der Waals surface area contributed by atoms with Crippen molar-refractivity contribution in [2.75, 3.05) is 5.32 Å². The molecule has 24 heavy (non-hydrogen) atoms. The molecular weight excluding hydrogens is 326 g/mol. The Morgan fingerprint density at radius 2 is 2.12 bits per heavy atom. The van der Waals surface area contributed by atoms with E-state index in [1.54, 1.807) is 18.5 Å². The monoisotopic (exact) mass is 339 g/mol. The third kappa shape index (κ3) is 2.43. The van der Waals surface area contributed by atoms with E-state index in [2.05, 4.69) is 10.3 Å². The number of anilines is 1. The Kier molecular flexibility index (Phi) is 3.50. The second-order valence-corrected chi connectivity index (χ2v) is 6.02. The highest BCUT2D eigenvalue weighted by Crippen LogP contribution is 2.31. The van der Waals surface area contributed by atoms with Gasteiger partial charge in [-0.2, -0.15) is 0 Å². The predicted octanol–water partition coefficient (Wildman–Crippen LogP) is 3.98. The van der Waals surface area contributed by atoms with Gasteiger partial charge in [0.15, 0.2) is 5.69 Å². The van der Waals surface area contributed by atoms with Gasteiger partial charge in [-0.15, -0.1) is 0 Å². The molecule has 5 nitrogen and oxygen atoms in total. The van der Waals surface area contributed by atoms with E-state index < -0.39 is 0 Å². The number of nitrogens with zero attached hydrogens (tertiary/aromatic N) is 2. The molecule has 0 unspecified atom stereocenters. The summed E-state index contributed by atoms with van der Waals surface area (Å²) in [6.45, 7) is 2.21. The van der Waals surface area contributed by atoms with Crippen LogP contribution in [0.1, 0.15) is 21.7 Å². The number of amides is 1. The Morgan fingerprint density at radius 3 is 3.00 bits per heavy atom. The van der Waals surface area contributed by atoms with Crippen LogP contribution in [0.25, 0.3) is 5.69 Å². The van der Waals surface area contributed by atoms with Crippen molar-refractivity contribution < 1.29 is 9.53 Å². The van der Waals surface area contributed by atoms with Crippen LogP contribution >= 0.6 is 11.6 Å². The SMILES string of the molecule is Cc1ccc(Cl)cc1NC(=O)c1ncn2c1COc1ccccc1-2. The molecule has 1 aromatic heterocycles. The molecule has 0 spiro atoms. The predicted molar refractivity (Wildman–Crippen MR) is 92.0 cm³/mol. The first-order valence-electron chi connectivity index (χ1n) is 7.49. The number of carbonyl (C=O) groups excluding carboxylic acids is 1. The minimum Gasteiger partial charge on any atom is -0.485 e. The number of hydrogen-bond acceptors (Lipinski definition) is 3. The van der Waals surface area contributed by atoms with Gasteiger partial charge in [0.2, 0.25) is 0 Å². The van der Waals surface area contributed by atoms with E-state index >= 15 is 0 Å². The van der Waals surface area contributed by atoms with Crippen LogP contribution in [0.4, 0.5) is 5.69 Å². The number of nitrogens with one attached hydrogen (secondary N) is 1.